The summed E-state index contributed by atoms with van der Waals surface area (Å²) in [6.07, 6.45) is 104. The highest BCUT2D eigenvalue weighted by Crippen LogP contribution is 2.16. The Hall–Kier alpha value is -5.49. The van der Waals surface area contributed by atoms with E-state index in [9.17, 15) is 14.4 Å². The average molecular weight is 1140 g/mol. The van der Waals surface area contributed by atoms with Gasteiger partial charge in [0.25, 0.3) is 0 Å². The summed E-state index contributed by atoms with van der Waals surface area (Å²) in [5, 5.41) is 0. The van der Waals surface area contributed by atoms with Gasteiger partial charge < -0.3 is 14.2 Å². The van der Waals surface area contributed by atoms with Crippen molar-refractivity contribution in [2.45, 2.75) is 271 Å². The fraction of sp³-hybridized carbons (Fsp3) is 0.571. The predicted octanol–water partition coefficient (Wildman–Crippen LogP) is 23.2. The van der Waals surface area contributed by atoms with Crippen LogP contribution in [0.25, 0.3) is 0 Å². The minimum Gasteiger partial charge on any atom is -0.462 e. The van der Waals surface area contributed by atoms with Crippen molar-refractivity contribution in [2.75, 3.05) is 13.2 Å². The maximum Gasteiger partial charge on any atom is 0.306 e. The Morgan fingerprint density at radius 3 is 0.747 bits per heavy atom. The summed E-state index contributed by atoms with van der Waals surface area (Å²) < 4.78 is 16.8. The van der Waals surface area contributed by atoms with E-state index >= 15 is 0 Å². The third-order valence-electron chi connectivity index (χ3n) is 13.4. The monoisotopic (exact) mass is 1140 g/mol. The Labute approximate surface area is 510 Å². The van der Waals surface area contributed by atoms with Gasteiger partial charge in [-0.25, -0.2) is 0 Å². The smallest absolute Gasteiger partial charge is 0.306 e. The van der Waals surface area contributed by atoms with Gasteiger partial charge in [0, 0.05) is 19.3 Å². The Bertz CT molecular complexity index is 1940. The van der Waals surface area contributed by atoms with Crippen LogP contribution in [0.2, 0.25) is 0 Å². The van der Waals surface area contributed by atoms with Gasteiger partial charge in [-0.2, -0.15) is 0 Å². The van der Waals surface area contributed by atoms with Crippen LogP contribution in [-0.4, -0.2) is 37.2 Å². The molecule has 1 unspecified atom stereocenters. The number of allylic oxidation sites excluding steroid dienone is 30. The number of esters is 3. The van der Waals surface area contributed by atoms with Crippen LogP contribution >= 0.6 is 0 Å². The molecule has 0 fully saturated rings. The summed E-state index contributed by atoms with van der Waals surface area (Å²) in [5.74, 6) is -1.11. The zero-order valence-electron chi connectivity index (χ0n) is 53.1. The zero-order valence-corrected chi connectivity index (χ0v) is 53.1. The Morgan fingerprint density at radius 2 is 0.458 bits per heavy atom. The van der Waals surface area contributed by atoms with E-state index in [0.717, 1.165) is 116 Å². The second-order valence-corrected chi connectivity index (χ2v) is 21.2. The molecule has 464 valence electrons. The van der Waals surface area contributed by atoms with E-state index in [1.54, 1.807) is 0 Å². The van der Waals surface area contributed by atoms with Crippen molar-refractivity contribution >= 4 is 17.9 Å². The molecule has 0 N–H and O–H groups in total. The van der Waals surface area contributed by atoms with Crippen LogP contribution in [0, 0.1) is 0 Å². The van der Waals surface area contributed by atoms with E-state index in [4.69, 9.17) is 14.2 Å². The largest absolute Gasteiger partial charge is 0.462 e. The lowest BCUT2D eigenvalue weighted by molar-refractivity contribution is -0.166. The first-order chi connectivity index (χ1) is 41.0. The second-order valence-electron chi connectivity index (χ2n) is 21.2. The van der Waals surface area contributed by atoms with Gasteiger partial charge in [0.05, 0.1) is 0 Å². The van der Waals surface area contributed by atoms with E-state index in [-0.39, 0.29) is 38.0 Å². The maximum absolute atomic E-state index is 12.9. The van der Waals surface area contributed by atoms with Crippen LogP contribution in [0.1, 0.15) is 265 Å². The van der Waals surface area contributed by atoms with Crippen LogP contribution in [0.3, 0.4) is 0 Å². The van der Waals surface area contributed by atoms with Gasteiger partial charge in [0.2, 0.25) is 0 Å². The minimum atomic E-state index is -0.856. The maximum atomic E-state index is 12.9. The van der Waals surface area contributed by atoms with E-state index in [0.29, 0.717) is 19.3 Å². The lowest BCUT2D eigenvalue weighted by atomic mass is 10.0. The summed E-state index contributed by atoms with van der Waals surface area (Å²) in [6, 6.07) is 0. The van der Waals surface area contributed by atoms with Gasteiger partial charge in [-0.1, -0.05) is 299 Å². The third kappa shape index (κ3) is 67.2. The van der Waals surface area contributed by atoms with Crippen molar-refractivity contribution in [2.24, 2.45) is 0 Å². The third-order valence-corrected chi connectivity index (χ3v) is 13.4. The SMILES string of the molecule is CC/C=C\C/C=C\C/C=C\C/C=C\C/C=C\C/C=C\CCC(=O)OC(COC(=O)CC/C=C\C/C=C\C/C=C\C/C=C\CC)COC(=O)CCCCCCCCCCCCCCCCCCC/C=C\C/C=C\C/C=C\C/C=C\C/C=C\CC. The first-order valence-electron chi connectivity index (χ1n) is 33.3. The van der Waals surface area contributed by atoms with Crippen LogP contribution in [0.4, 0.5) is 0 Å². The molecule has 0 bridgehead atoms. The molecule has 83 heavy (non-hydrogen) atoms. The Balaban J connectivity index is 4.33. The molecule has 0 aromatic rings. The molecule has 0 aliphatic carbocycles. The summed E-state index contributed by atoms with van der Waals surface area (Å²) in [7, 11) is 0. The van der Waals surface area contributed by atoms with Crippen LogP contribution in [0.5, 0.6) is 0 Å². The number of hydrogen-bond acceptors (Lipinski definition) is 6. The average Bonchev–Trinajstić information content (AvgIpc) is 3.49. The molecular weight excluding hydrogens is 1020 g/mol. The molecule has 0 spiro atoms. The molecule has 6 nitrogen and oxygen atoms in total. The van der Waals surface area contributed by atoms with E-state index in [2.05, 4.69) is 179 Å². The summed E-state index contributed by atoms with van der Waals surface area (Å²) in [4.78, 5) is 38.2. The van der Waals surface area contributed by atoms with E-state index < -0.39 is 12.1 Å². The van der Waals surface area contributed by atoms with Crippen molar-refractivity contribution in [3.05, 3.63) is 182 Å². The van der Waals surface area contributed by atoms with Gasteiger partial charge in [-0.15, -0.1) is 0 Å². The van der Waals surface area contributed by atoms with Crippen molar-refractivity contribution in [3.63, 3.8) is 0 Å². The predicted molar refractivity (Wildman–Crippen MR) is 361 cm³/mol. The van der Waals surface area contributed by atoms with Crippen molar-refractivity contribution in [1.29, 1.82) is 0 Å². The first-order valence-corrected chi connectivity index (χ1v) is 33.3. The highest BCUT2D eigenvalue weighted by Gasteiger charge is 2.19. The van der Waals surface area contributed by atoms with Crippen LogP contribution < -0.4 is 0 Å². The lowest BCUT2D eigenvalue weighted by Gasteiger charge is -2.18. The van der Waals surface area contributed by atoms with E-state index in [1.807, 2.05) is 24.3 Å². The number of unbranched alkanes of at least 4 members (excludes halogenated alkanes) is 17. The molecular formula is C77H120O6. The lowest BCUT2D eigenvalue weighted by Crippen LogP contribution is -2.30. The molecule has 0 amide bonds. The second kappa shape index (κ2) is 69.0. The molecule has 0 aromatic heterocycles. The summed E-state index contributed by atoms with van der Waals surface area (Å²) >= 11 is 0. The number of rotatable bonds is 58. The number of ether oxygens (including phenoxy) is 3. The summed E-state index contributed by atoms with van der Waals surface area (Å²) in [5.41, 5.74) is 0. The van der Waals surface area contributed by atoms with Crippen LogP contribution in [0.15, 0.2) is 182 Å². The molecule has 6 heteroatoms. The number of carbonyl (C=O) groups is 3. The molecule has 0 heterocycles. The number of hydrogen-bond donors (Lipinski definition) is 0. The molecule has 0 aliphatic heterocycles. The first kappa shape index (κ1) is 77.5. The summed E-state index contributed by atoms with van der Waals surface area (Å²) in [6.45, 7) is 6.16. The Morgan fingerprint density at radius 1 is 0.241 bits per heavy atom. The molecule has 0 rings (SSSR count). The Kier molecular flexibility index (Phi) is 64.4. The van der Waals surface area contributed by atoms with Crippen LogP contribution in [-0.2, 0) is 28.6 Å². The quantitative estimate of drug-likeness (QED) is 0.0261. The fourth-order valence-corrected chi connectivity index (χ4v) is 8.57. The van der Waals surface area contributed by atoms with Crippen molar-refractivity contribution in [3.8, 4) is 0 Å². The molecule has 0 aliphatic rings. The van der Waals surface area contributed by atoms with Gasteiger partial charge in [-0.3, -0.25) is 14.4 Å². The van der Waals surface area contributed by atoms with Crippen molar-refractivity contribution < 1.29 is 28.6 Å². The zero-order chi connectivity index (χ0) is 59.9. The molecule has 0 radical (unpaired) electrons. The van der Waals surface area contributed by atoms with E-state index in [1.165, 1.54) is 96.3 Å². The normalized spacial score (nSPS) is 13.3. The topological polar surface area (TPSA) is 78.9 Å². The highest BCUT2D eigenvalue weighted by molar-refractivity contribution is 5.71. The molecule has 0 saturated heterocycles. The van der Waals surface area contributed by atoms with Gasteiger partial charge >= 0.3 is 17.9 Å². The number of carbonyl (C=O) groups excluding carboxylic acids is 3. The molecule has 1 atom stereocenters. The van der Waals surface area contributed by atoms with Crippen molar-refractivity contribution in [1.82, 2.24) is 0 Å². The standard InChI is InChI=1S/C77H120O6/c1-4-7-10-13-16-19-22-25-27-29-31-32-33-34-35-36-37-38-39-40-41-42-43-44-46-47-49-52-55-58-61-64-67-70-76(79)82-73-74(72-81-75(78)69-66-63-60-57-54-51-24-21-18-15-12-9-6-3)83-77(80)71-68-65-62-59-56-53-50-48-45-30-28-26-23-20-17-14-11-8-5-2/h7-12,16-21,25-28,31-32,34-35,45,48,51,53-54,56,60,62-63,65,74H,4-6,13-15,22-24,29-30,33,36-44,46-47,49-50,52,55,57-59,61,64,66-73H2,1-3H3/b10-7-,11-8-,12-9-,19-16-,20-17-,21-18-,27-25-,28-26-,32-31-,35-34-,48-45-,54-51-,56-53-,63-60-,65-62-. The molecule has 0 aromatic carbocycles. The fourth-order valence-electron chi connectivity index (χ4n) is 8.57. The van der Waals surface area contributed by atoms with Gasteiger partial charge in [0.1, 0.15) is 13.2 Å². The van der Waals surface area contributed by atoms with Gasteiger partial charge in [0.15, 0.2) is 6.10 Å². The molecule has 0 saturated carbocycles. The van der Waals surface area contributed by atoms with Gasteiger partial charge in [-0.05, 0) is 128 Å². The highest BCUT2D eigenvalue weighted by atomic mass is 16.6. The minimum absolute atomic E-state index is 0.137.